The Morgan fingerprint density at radius 3 is 2.61 bits per heavy atom. The average Bonchev–Trinajstić information content (AvgIpc) is 3.73. The van der Waals surface area contributed by atoms with Crippen molar-refractivity contribution in [1.82, 2.24) is 44.5 Å². The molecule has 0 aromatic carbocycles. The zero-order valence-corrected chi connectivity index (χ0v) is 23.9. The predicted octanol–water partition coefficient (Wildman–Crippen LogP) is -1.93. The highest BCUT2D eigenvalue weighted by atomic mass is 31.2. The number of imidazole rings is 1. The van der Waals surface area contributed by atoms with E-state index < -0.39 is 71.3 Å². The molecular formula is C19H25N11O12P2. The summed E-state index contributed by atoms with van der Waals surface area (Å²) in [7, 11) is -9.98. The van der Waals surface area contributed by atoms with Crippen LogP contribution in [0.15, 0.2) is 17.4 Å². The third-order valence-corrected chi connectivity index (χ3v) is 8.24. The standard InChI is InChI=1S/C19H25N11O12P2/c20-14-10-15(23-5-22-14)29(6-24-10)18-12(31)13(8(41-18)4-38-43(33,34)35)42-44(36,37)39-3-7-1-2-9(40-7)30-16-11(27-28-30)17(32)26-19(21)25-16/h5-9,12-13,18,31H,1-4H2,(H,36,37)(H2,20,22,23)(H2,33,34,35)(H3,21,25,26,32)/t7-,8+,9+,12+,13+,18+/m0/s1. The minimum Gasteiger partial charge on any atom is -0.386 e. The lowest BCUT2D eigenvalue weighted by molar-refractivity contribution is -0.0517. The first-order valence-electron chi connectivity index (χ1n) is 12.7. The zero-order chi connectivity index (χ0) is 31.4. The van der Waals surface area contributed by atoms with Crippen LogP contribution >= 0.6 is 15.6 Å². The molecule has 0 saturated carbocycles. The summed E-state index contributed by atoms with van der Waals surface area (Å²) in [5.74, 6) is -0.114. The summed E-state index contributed by atoms with van der Waals surface area (Å²) in [5.41, 5.74) is 11.2. The van der Waals surface area contributed by atoms with Gasteiger partial charge in [0.15, 0.2) is 35.1 Å². The van der Waals surface area contributed by atoms with Crippen LogP contribution in [0.4, 0.5) is 11.8 Å². The van der Waals surface area contributed by atoms with Crippen molar-refractivity contribution < 1.29 is 52.0 Å². The molecule has 0 bridgehead atoms. The number of H-pyrrole nitrogens is 1. The fraction of sp³-hybridized carbons (Fsp3) is 0.526. The molecule has 23 nitrogen and oxygen atoms in total. The maximum absolute atomic E-state index is 13.0. The monoisotopic (exact) mass is 661 g/mol. The first-order valence-corrected chi connectivity index (χ1v) is 15.7. The van der Waals surface area contributed by atoms with Gasteiger partial charge in [0.25, 0.3) is 5.56 Å². The molecule has 0 spiro atoms. The summed E-state index contributed by atoms with van der Waals surface area (Å²) in [4.78, 5) is 59.2. The van der Waals surface area contributed by atoms with Gasteiger partial charge in [-0.1, -0.05) is 5.21 Å². The summed E-state index contributed by atoms with van der Waals surface area (Å²) in [6, 6.07) is 0. The Hall–Kier alpha value is -3.47. The van der Waals surface area contributed by atoms with Gasteiger partial charge in [-0.15, -0.1) is 5.10 Å². The van der Waals surface area contributed by atoms with Crippen LogP contribution in [0.25, 0.3) is 22.3 Å². The quantitative estimate of drug-likeness (QED) is 0.0909. The molecule has 1 unspecified atom stereocenters. The van der Waals surface area contributed by atoms with Crippen LogP contribution in [-0.2, 0) is 32.2 Å². The van der Waals surface area contributed by atoms with E-state index in [1.54, 1.807) is 0 Å². The first kappa shape index (κ1) is 30.6. The molecule has 25 heteroatoms. The molecule has 0 aliphatic carbocycles. The highest BCUT2D eigenvalue weighted by molar-refractivity contribution is 7.47. The lowest BCUT2D eigenvalue weighted by atomic mass is 10.1. The van der Waals surface area contributed by atoms with Crippen molar-refractivity contribution in [2.45, 2.75) is 49.7 Å². The molecule has 2 fully saturated rings. The van der Waals surface area contributed by atoms with E-state index >= 15 is 0 Å². The molecule has 7 atom stereocenters. The molecule has 9 N–H and O–H groups in total. The second-order valence-electron chi connectivity index (χ2n) is 9.71. The summed E-state index contributed by atoms with van der Waals surface area (Å²) in [6.07, 6.45) is -4.68. The van der Waals surface area contributed by atoms with Gasteiger partial charge in [-0.3, -0.25) is 27.9 Å². The summed E-state index contributed by atoms with van der Waals surface area (Å²) < 4.78 is 53.2. The minimum absolute atomic E-state index is 0.0334. The normalized spacial score (nSPS) is 27.4. The molecule has 0 amide bonds. The Bertz CT molecular complexity index is 1840. The van der Waals surface area contributed by atoms with E-state index in [0.717, 1.165) is 6.33 Å². The molecule has 44 heavy (non-hydrogen) atoms. The van der Waals surface area contributed by atoms with Crippen molar-refractivity contribution in [2.24, 2.45) is 0 Å². The second-order valence-corrected chi connectivity index (χ2v) is 12.4. The Morgan fingerprint density at radius 2 is 1.84 bits per heavy atom. The van der Waals surface area contributed by atoms with Crippen LogP contribution in [0.1, 0.15) is 25.3 Å². The number of nitrogen functional groups attached to an aromatic ring is 2. The molecule has 6 rings (SSSR count). The number of ether oxygens (including phenoxy) is 2. The van der Waals surface area contributed by atoms with Crippen molar-refractivity contribution in [3.63, 3.8) is 0 Å². The van der Waals surface area contributed by atoms with Crippen LogP contribution in [0, 0.1) is 0 Å². The van der Waals surface area contributed by atoms with Gasteiger partial charge in [0.05, 0.1) is 25.6 Å². The average molecular weight is 661 g/mol. The number of aromatic nitrogens is 9. The van der Waals surface area contributed by atoms with Gasteiger partial charge in [0.1, 0.15) is 30.2 Å². The van der Waals surface area contributed by atoms with E-state index in [-0.39, 0.29) is 34.1 Å². The molecule has 2 aliphatic rings. The number of hydrogen-bond donors (Lipinski definition) is 7. The summed E-state index contributed by atoms with van der Waals surface area (Å²) in [5, 5.41) is 18.7. The number of aliphatic hydroxyl groups is 1. The lowest BCUT2D eigenvalue weighted by Gasteiger charge is -2.24. The molecule has 4 aromatic rings. The van der Waals surface area contributed by atoms with Gasteiger partial charge in [-0.25, -0.2) is 24.1 Å². The molecular weight excluding hydrogens is 636 g/mol. The number of phosphoric ester groups is 2. The molecule has 6 heterocycles. The van der Waals surface area contributed by atoms with Crippen LogP contribution in [-0.4, -0.2) is 102 Å². The molecule has 2 aliphatic heterocycles. The van der Waals surface area contributed by atoms with Gasteiger partial charge < -0.3 is 40.7 Å². The topological polar surface area (TPSA) is 333 Å². The van der Waals surface area contributed by atoms with Crippen LogP contribution in [0.5, 0.6) is 0 Å². The number of nitrogens with one attached hydrogen (secondary N) is 1. The van der Waals surface area contributed by atoms with Gasteiger partial charge in [-0.05, 0) is 12.8 Å². The third kappa shape index (κ3) is 6.07. The van der Waals surface area contributed by atoms with Crippen molar-refractivity contribution in [2.75, 3.05) is 24.7 Å². The highest BCUT2D eigenvalue weighted by Crippen LogP contribution is 2.50. The number of rotatable bonds is 10. The number of phosphoric acid groups is 2. The molecule has 2 saturated heterocycles. The number of aromatic amines is 1. The Labute approximate surface area is 243 Å². The number of hydrogen-bond acceptors (Lipinski definition) is 17. The maximum atomic E-state index is 13.0. The molecule has 0 radical (unpaired) electrons. The SMILES string of the molecule is Nc1nc2c(nnn2[C@H]2CC[C@@H](COP(=O)(O)O[C@H]3[C@@H](O)[C@H](n4cnc5c(N)ncnc54)O[C@@H]3COP(=O)(O)O)O2)c(=O)[nH]1. The van der Waals surface area contributed by atoms with Crippen LogP contribution in [0.2, 0.25) is 0 Å². The Kier molecular flexibility index (Phi) is 7.96. The van der Waals surface area contributed by atoms with Gasteiger partial charge >= 0.3 is 15.6 Å². The van der Waals surface area contributed by atoms with Crippen molar-refractivity contribution in [3.8, 4) is 0 Å². The highest BCUT2D eigenvalue weighted by Gasteiger charge is 2.50. The number of nitrogens with zero attached hydrogens (tertiary/aromatic N) is 8. The Morgan fingerprint density at radius 1 is 1.05 bits per heavy atom. The number of fused-ring (bicyclic) bond motifs is 2. The van der Waals surface area contributed by atoms with Gasteiger partial charge in [-0.2, -0.15) is 9.67 Å². The smallest absolute Gasteiger partial charge is 0.386 e. The predicted molar refractivity (Wildman–Crippen MR) is 142 cm³/mol. The molecule has 238 valence electrons. The van der Waals surface area contributed by atoms with E-state index in [1.807, 2.05) is 0 Å². The Balaban J connectivity index is 1.14. The van der Waals surface area contributed by atoms with E-state index in [9.17, 15) is 23.9 Å². The van der Waals surface area contributed by atoms with Crippen molar-refractivity contribution in [3.05, 3.63) is 23.0 Å². The fourth-order valence-electron chi connectivity index (χ4n) is 4.84. The van der Waals surface area contributed by atoms with Crippen molar-refractivity contribution in [1.29, 1.82) is 0 Å². The van der Waals surface area contributed by atoms with E-state index in [2.05, 4.69) is 39.8 Å². The molecule has 4 aromatic heterocycles. The first-order chi connectivity index (χ1) is 20.8. The lowest BCUT2D eigenvalue weighted by Crippen LogP contribution is -2.36. The van der Waals surface area contributed by atoms with E-state index in [0.29, 0.717) is 12.8 Å². The van der Waals surface area contributed by atoms with Gasteiger partial charge in [0, 0.05) is 0 Å². The van der Waals surface area contributed by atoms with Crippen LogP contribution < -0.4 is 17.0 Å². The fourth-order valence-corrected chi connectivity index (χ4v) is 6.17. The van der Waals surface area contributed by atoms with Gasteiger partial charge in [0.2, 0.25) is 5.95 Å². The summed E-state index contributed by atoms with van der Waals surface area (Å²) >= 11 is 0. The third-order valence-electron chi connectivity index (χ3n) is 6.77. The van der Waals surface area contributed by atoms with E-state index in [1.165, 1.54) is 15.6 Å². The summed E-state index contributed by atoms with van der Waals surface area (Å²) in [6.45, 7) is -1.29. The van der Waals surface area contributed by atoms with Crippen LogP contribution in [0.3, 0.4) is 0 Å². The maximum Gasteiger partial charge on any atom is 0.472 e. The second kappa shape index (κ2) is 11.5. The van der Waals surface area contributed by atoms with Crippen molar-refractivity contribution >= 4 is 49.7 Å². The minimum atomic E-state index is -5.01. The number of aliphatic hydroxyl groups excluding tert-OH is 1. The largest absolute Gasteiger partial charge is 0.472 e. The number of nitrogens with two attached hydrogens (primary N) is 2. The van der Waals surface area contributed by atoms with E-state index in [4.69, 9.17) is 39.8 Å². The number of anilines is 2. The zero-order valence-electron chi connectivity index (χ0n) is 22.1.